The standard InChI is InChI=1S/C22H17NO4/c24-11-12-27-22-8-4-1-5-15(22)13-20-18-7-3-2-6-17(18)19-10-9-16(23(25)26)14-21(19)20/h1-10,13-14,24H,11-12H2. The second-order valence-electron chi connectivity index (χ2n) is 6.20. The monoisotopic (exact) mass is 359 g/mol. The number of fused-ring (bicyclic) bond motifs is 3. The Hall–Kier alpha value is -3.44. The van der Waals surface area contributed by atoms with Gasteiger partial charge in [-0.25, -0.2) is 0 Å². The first kappa shape index (κ1) is 17.0. The van der Waals surface area contributed by atoms with E-state index < -0.39 is 0 Å². The fraction of sp³-hybridized carbons (Fsp3) is 0.0909. The molecule has 0 unspecified atom stereocenters. The Kier molecular flexibility index (Phi) is 4.44. The summed E-state index contributed by atoms with van der Waals surface area (Å²) in [6.07, 6.45) is 1.99. The van der Waals surface area contributed by atoms with Crippen LogP contribution >= 0.6 is 0 Å². The van der Waals surface area contributed by atoms with E-state index in [1.54, 1.807) is 12.1 Å². The van der Waals surface area contributed by atoms with Crippen molar-refractivity contribution in [3.63, 3.8) is 0 Å². The Bertz CT molecular complexity index is 1060. The molecule has 0 amide bonds. The Morgan fingerprint density at radius 3 is 2.41 bits per heavy atom. The number of rotatable bonds is 5. The molecule has 5 nitrogen and oxygen atoms in total. The first-order chi connectivity index (χ1) is 13.2. The lowest BCUT2D eigenvalue weighted by atomic mass is 10.0. The molecule has 0 aliphatic heterocycles. The Labute approximate surface area is 156 Å². The van der Waals surface area contributed by atoms with Gasteiger partial charge in [-0.15, -0.1) is 0 Å². The van der Waals surface area contributed by atoms with Gasteiger partial charge < -0.3 is 9.84 Å². The lowest BCUT2D eigenvalue weighted by molar-refractivity contribution is -0.384. The number of benzene rings is 3. The molecule has 0 bridgehead atoms. The first-order valence-corrected chi connectivity index (χ1v) is 8.62. The molecule has 0 fully saturated rings. The van der Waals surface area contributed by atoms with Crippen LogP contribution in [0.5, 0.6) is 5.75 Å². The fourth-order valence-electron chi connectivity index (χ4n) is 3.40. The van der Waals surface area contributed by atoms with Crippen LogP contribution < -0.4 is 4.74 Å². The summed E-state index contributed by atoms with van der Waals surface area (Å²) in [6, 6.07) is 20.5. The van der Waals surface area contributed by atoms with Crippen LogP contribution in [0.4, 0.5) is 5.69 Å². The number of nitro benzene ring substituents is 1. The molecule has 1 aliphatic rings. The lowest BCUT2D eigenvalue weighted by Gasteiger charge is -2.09. The second kappa shape index (κ2) is 7.05. The highest BCUT2D eigenvalue weighted by Crippen LogP contribution is 2.46. The molecule has 1 N–H and O–H groups in total. The zero-order chi connectivity index (χ0) is 18.8. The van der Waals surface area contributed by atoms with Crippen LogP contribution in [0.3, 0.4) is 0 Å². The molecule has 0 radical (unpaired) electrons. The predicted octanol–water partition coefficient (Wildman–Crippen LogP) is 4.54. The van der Waals surface area contributed by atoms with Crippen molar-refractivity contribution >= 4 is 17.3 Å². The molecule has 4 rings (SSSR count). The quantitative estimate of drug-likeness (QED) is 0.419. The molecule has 27 heavy (non-hydrogen) atoms. The lowest BCUT2D eigenvalue weighted by Crippen LogP contribution is -2.02. The van der Waals surface area contributed by atoms with Crippen molar-refractivity contribution < 1.29 is 14.8 Å². The Morgan fingerprint density at radius 2 is 1.63 bits per heavy atom. The van der Waals surface area contributed by atoms with Gasteiger partial charge in [0.05, 0.1) is 11.5 Å². The second-order valence-corrected chi connectivity index (χ2v) is 6.20. The van der Waals surface area contributed by atoms with E-state index in [4.69, 9.17) is 9.84 Å². The molecule has 3 aromatic carbocycles. The van der Waals surface area contributed by atoms with Gasteiger partial charge in [-0.3, -0.25) is 10.1 Å². The number of nitrogens with zero attached hydrogens (tertiary/aromatic N) is 1. The summed E-state index contributed by atoms with van der Waals surface area (Å²) in [5, 5.41) is 20.3. The molecule has 0 saturated carbocycles. The van der Waals surface area contributed by atoms with E-state index in [0.717, 1.165) is 33.4 Å². The molecule has 5 heteroatoms. The van der Waals surface area contributed by atoms with Crippen LogP contribution in [0.1, 0.15) is 16.7 Å². The largest absolute Gasteiger partial charge is 0.491 e. The van der Waals surface area contributed by atoms with Crippen LogP contribution in [0.15, 0.2) is 66.7 Å². The van der Waals surface area contributed by atoms with Gasteiger partial charge in [0.25, 0.3) is 5.69 Å². The Balaban J connectivity index is 1.90. The summed E-state index contributed by atoms with van der Waals surface area (Å²) in [6.45, 7) is 0.140. The minimum absolute atomic E-state index is 0.0667. The highest BCUT2D eigenvalue weighted by Gasteiger charge is 2.25. The fourth-order valence-corrected chi connectivity index (χ4v) is 3.40. The smallest absolute Gasteiger partial charge is 0.270 e. The molecular weight excluding hydrogens is 342 g/mol. The molecule has 1 aliphatic carbocycles. The van der Waals surface area contributed by atoms with E-state index in [2.05, 4.69) is 0 Å². The van der Waals surface area contributed by atoms with Crippen molar-refractivity contribution in [3.8, 4) is 16.9 Å². The highest BCUT2D eigenvalue weighted by molar-refractivity contribution is 6.07. The summed E-state index contributed by atoms with van der Waals surface area (Å²) in [5.74, 6) is 0.662. The normalized spacial score (nSPS) is 13.3. The maximum Gasteiger partial charge on any atom is 0.270 e. The predicted molar refractivity (Wildman–Crippen MR) is 105 cm³/mol. The van der Waals surface area contributed by atoms with Crippen LogP contribution in [0, 0.1) is 10.1 Å². The minimum atomic E-state index is -0.376. The van der Waals surface area contributed by atoms with Crippen molar-refractivity contribution in [1.82, 2.24) is 0 Å². The van der Waals surface area contributed by atoms with Crippen LogP contribution in [0.25, 0.3) is 22.8 Å². The van der Waals surface area contributed by atoms with Crippen molar-refractivity contribution in [3.05, 3.63) is 93.5 Å². The van der Waals surface area contributed by atoms with Gasteiger partial charge in [0, 0.05) is 17.7 Å². The van der Waals surface area contributed by atoms with Gasteiger partial charge in [-0.05, 0) is 46.0 Å². The minimum Gasteiger partial charge on any atom is -0.491 e. The van der Waals surface area contributed by atoms with Gasteiger partial charge in [-0.1, -0.05) is 42.5 Å². The Morgan fingerprint density at radius 1 is 0.926 bits per heavy atom. The third kappa shape index (κ3) is 3.09. The maximum atomic E-state index is 11.3. The van der Waals surface area contributed by atoms with Gasteiger partial charge in [0.2, 0.25) is 0 Å². The summed E-state index contributed by atoms with van der Waals surface area (Å²) in [5.41, 5.74) is 5.75. The highest BCUT2D eigenvalue weighted by atomic mass is 16.6. The van der Waals surface area contributed by atoms with Gasteiger partial charge in [0.1, 0.15) is 12.4 Å². The van der Waals surface area contributed by atoms with Crippen LogP contribution in [-0.2, 0) is 0 Å². The zero-order valence-corrected chi connectivity index (χ0v) is 14.5. The van der Waals surface area contributed by atoms with Crippen LogP contribution in [-0.4, -0.2) is 23.2 Å². The molecule has 0 aromatic heterocycles. The summed E-state index contributed by atoms with van der Waals surface area (Å²) in [4.78, 5) is 10.9. The average Bonchev–Trinajstić information content (AvgIpc) is 3.00. The molecule has 0 atom stereocenters. The number of hydrogen-bond acceptors (Lipinski definition) is 4. The molecule has 134 valence electrons. The summed E-state index contributed by atoms with van der Waals surface area (Å²) in [7, 11) is 0. The number of para-hydroxylation sites is 1. The molecule has 0 heterocycles. The molecule has 0 spiro atoms. The van der Waals surface area contributed by atoms with E-state index in [1.165, 1.54) is 6.07 Å². The van der Waals surface area contributed by atoms with Crippen molar-refractivity contribution in [2.75, 3.05) is 13.2 Å². The first-order valence-electron chi connectivity index (χ1n) is 8.62. The maximum absolute atomic E-state index is 11.3. The van der Waals surface area contributed by atoms with E-state index >= 15 is 0 Å². The van der Waals surface area contributed by atoms with Gasteiger partial charge in [-0.2, -0.15) is 0 Å². The van der Waals surface area contributed by atoms with E-state index in [9.17, 15) is 10.1 Å². The topological polar surface area (TPSA) is 72.6 Å². The van der Waals surface area contributed by atoms with E-state index in [1.807, 2.05) is 54.6 Å². The van der Waals surface area contributed by atoms with E-state index in [0.29, 0.717) is 5.75 Å². The SMILES string of the molecule is O=[N+]([O-])c1ccc2c(c1)C(=Cc1ccccc1OCCO)c1ccccc1-2. The average molecular weight is 359 g/mol. The van der Waals surface area contributed by atoms with Crippen molar-refractivity contribution in [2.24, 2.45) is 0 Å². The number of non-ortho nitro benzene ring substituents is 1. The molecule has 0 saturated heterocycles. The van der Waals surface area contributed by atoms with Crippen LogP contribution in [0.2, 0.25) is 0 Å². The van der Waals surface area contributed by atoms with Crippen molar-refractivity contribution in [2.45, 2.75) is 0 Å². The number of hydrogen-bond donors (Lipinski definition) is 1. The van der Waals surface area contributed by atoms with Gasteiger partial charge >= 0.3 is 0 Å². The number of aliphatic hydroxyl groups excluding tert-OH is 1. The number of nitro groups is 1. The van der Waals surface area contributed by atoms with E-state index in [-0.39, 0.29) is 23.8 Å². The third-order valence-electron chi connectivity index (χ3n) is 4.58. The molecular formula is C22H17NO4. The third-order valence-corrected chi connectivity index (χ3v) is 4.58. The number of aliphatic hydroxyl groups is 1. The van der Waals surface area contributed by atoms with Crippen molar-refractivity contribution in [1.29, 1.82) is 0 Å². The summed E-state index contributed by atoms with van der Waals surface area (Å²) < 4.78 is 5.63. The van der Waals surface area contributed by atoms with Gasteiger partial charge in [0.15, 0.2) is 0 Å². The zero-order valence-electron chi connectivity index (χ0n) is 14.5. The summed E-state index contributed by atoms with van der Waals surface area (Å²) >= 11 is 0. The number of ether oxygens (including phenoxy) is 1. The molecule has 3 aromatic rings.